The van der Waals surface area contributed by atoms with Gasteiger partial charge in [-0.15, -0.1) is 0 Å². The van der Waals surface area contributed by atoms with Crippen LogP contribution in [0, 0.1) is 0 Å². The number of hydrogen-bond acceptors (Lipinski definition) is 3. The van der Waals surface area contributed by atoms with Crippen LogP contribution >= 0.6 is 0 Å². The van der Waals surface area contributed by atoms with Crippen LogP contribution in [-0.2, 0) is 9.53 Å². The van der Waals surface area contributed by atoms with Gasteiger partial charge >= 0.3 is 0 Å². The van der Waals surface area contributed by atoms with E-state index in [2.05, 4.69) is 4.90 Å². The van der Waals surface area contributed by atoms with Gasteiger partial charge in [-0.1, -0.05) is 0 Å². The van der Waals surface area contributed by atoms with Crippen LogP contribution in [0.4, 0.5) is 0 Å². The highest BCUT2D eigenvalue weighted by Gasteiger charge is 2.31. The van der Waals surface area contributed by atoms with Gasteiger partial charge in [0.1, 0.15) is 0 Å². The first-order valence-corrected chi connectivity index (χ1v) is 5.30. The topological polar surface area (TPSA) is 29.5 Å². The van der Waals surface area contributed by atoms with Crippen molar-refractivity contribution in [2.45, 2.75) is 31.7 Å². The summed E-state index contributed by atoms with van der Waals surface area (Å²) in [5.41, 5.74) is 1.23. The number of allylic oxidation sites excluding steroid dienone is 2. The maximum atomic E-state index is 11.1. The van der Waals surface area contributed by atoms with E-state index in [1.807, 2.05) is 6.08 Å². The Morgan fingerprint density at radius 3 is 2.79 bits per heavy atom. The lowest BCUT2D eigenvalue weighted by atomic mass is 10.3. The fourth-order valence-corrected chi connectivity index (χ4v) is 1.94. The molecule has 2 aliphatic carbocycles. The standard InChI is InChI=1S/C11H17NO2/c1-14-7-6-12(9-2-3-9)10-4-5-11(13)8-10/h8-9H,2-7H2,1H3. The Labute approximate surface area is 84.7 Å². The van der Waals surface area contributed by atoms with E-state index in [9.17, 15) is 4.79 Å². The van der Waals surface area contributed by atoms with Crippen LogP contribution in [0.3, 0.4) is 0 Å². The van der Waals surface area contributed by atoms with Crippen LogP contribution in [-0.4, -0.2) is 37.0 Å². The SMILES string of the molecule is COCCN(C1=CC(=O)CC1)C1CC1. The first-order valence-electron chi connectivity index (χ1n) is 5.30. The van der Waals surface area contributed by atoms with Crippen LogP contribution in [0.1, 0.15) is 25.7 Å². The Bertz CT molecular complexity index is 256. The van der Waals surface area contributed by atoms with Gasteiger partial charge in [0.15, 0.2) is 5.78 Å². The minimum atomic E-state index is 0.281. The van der Waals surface area contributed by atoms with Gasteiger partial charge in [-0.05, 0) is 19.3 Å². The Morgan fingerprint density at radius 2 is 2.29 bits per heavy atom. The Hall–Kier alpha value is -0.830. The zero-order valence-electron chi connectivity index (χ0n) is 8.66. The van der Waals surface area contributed by atoms with Gasteiger partial charge in [0.25, 0.3) is 0 Å². The van der Waals surface area contributed by atoms with Crippen LogP contribution in [0.25, 0.3) is 0 Å². The molecule has 0 N–H and O–H groups in total. The molecule has 1 saturated carbocycles. The number of rotatable bonds is 5. The highest BCUT2D eigenvalue weighted by atomic mass is 16.5. The van der Waals surface area contributed by atoms with Crippen molar-refractivity contribution in [2.75, 3.05) is 20.3 Å². The zero-order chi connectivity index (χ0) is 9.97. The molecule has 0 unspecified atom stereocenters. The van der Waals surface area contributed by atoms with Gasteiger partial charge in [0.05, 0.1) is 6.61 Å². The quantitative estimate of drug-likeness (QED) is 0.663. The minimum Gasteiger partial charge on any atom is -0.383 e. The van der Waals surface area contributed by atoms with E-state index < -0.39 is 0 Å². The number of carbonyl (C=O) groups is 1. The van der Waals surface area contributed by atoms with E-state index in [1.54, 1.807) is 7.11 Å². The van der Waals surface area contributed by atoms with Crippen LogP contribution in [0.2, 0.25) is 0 Å². The van der Waals surface area contributed by atoms with Crippen molar-refractivity contribution in [3.63, 3.8) is 0 Å². The van der Waals surface area contributed by atoms with E-state index in [4.69, 9.17) is 4.74 Å². The summed E-state index contributed by atoms with van der Waals surface area (Å²) in [6.07, 6.45) is 5.99. The van der Waals surface area contributed by atoms with Gasteiger partial charge in [0, 0.05) is 37.9 Å². The number of ether oxygens (including phenoxy) is 1. The molecule has 3 nitrogen and oxygen atoms in total. The van der Waals surface area contributed by atoms with Crippen LogP contribution in [0.5, 0.6) is 0 Å². The van der Waals surface area contributed by atoms with Crippen molar-refractivity contribution in [2.24, 2.45) is 0 Å². The predicted molar refractivity (Wildman–Crippen MR) is 53.9 cm³/mol. The largest absolute Gasteiger partial charge is 0.383 e. The Kier molecular flexibility index (Phi) is 2.87. The first kappa shape index (κ1) is 9.71. The van der Waals surface area contributed by atoms with Crippen molar-refractivity contribution >= 4 is 5.78 Å². The van der Waals surface area contributed by atoms with E-state index in [0.29, 0.717) is 12.5 Å². The molecule has 2 aliphatic rings. The molecule has 3 heteroatoms. The molecule has 0 heterocycles. The van der Waals surface area contributed by atoms with Gasteiger partial charge in [-0.3, -0.25) is 4.79 Å². The van der Waals surface area contributed by atoms with Crippen molar-refractivity contribution in [1.29, 1.82) is 0 Å². The number of carbonyl (C=O) groups excluding carboxylic acids is 1. The Morgan fingerprint density at radius 1 is 1.50 bits per heavy atom. The third-order valence-corrected chi connectivity index (χ3v) is 2.85. The third-order valence-electron chi connectivity index (χ3n) is 2.85. The van der Waals surface area contributed by atoms with Crippen LogP contribution in [0.15, 0.2) is 11.8 Å². The zero-order valence-corrected chi connectivity index (χ0v) is 8.66. The molecule has 78 valence electrons. The fourth-order valence-electron chi connectivity index (χ4n) is 1.94. The summed E-state index contributed by atoms with van der Waals surface area (Å²) in [6, 6.07) is 0.683. The van der Waals surface area contributed by atoms with Gasteiger partial charge in [-0.25, -0.2) is 0 Å². The number of methoxy groups -OCH3 is 1. The minimum absolute atomic E-state index is 0.281. The summed E-state index contributed by atoms with van der Waals surface area (Å²) in [4.78, 5) is 13.5. The normalized spacial score (nSPS) is 21.2. The summed E-state index contributed by atoms with van der Waals surface area (Å²) < 4.78 is 5.08. The molecule has 0 radical (unpaired) electrons. The molecule has 0 spiro atoms. The molecule has 1 fully saturated rings. The second kappa shape index (κ2) is 4.13. The van der Waals surface area contributed by atoms with Crippen molar-refractivity contribution in [3.05, 3.63) is 11.8 Å². The first-order chi connectivity index (χ1) is 6.81. The van der Waals surface area contributed by atoms with Crippen molar-refractivity contribution in [1.82, 2.24) is 4.90 Å². The number of hydrogen-bond donors (Lipinski definition) is 0. The summed E-state index contributed by atoms with van der Waals surface area (Å²) in [5, 5.41) is 0. The molecular formula is C11H17NO2. The highest BCUT2D eigenvalue weighted by Crippen LogP contribution is 2.32. The van der Waals surface area contributed by atoms with Crippen molar-refractivity contribution < 1.29 is 9.53 Å². The van der Waals surface area contributed by atoms with Crippen molar-refractivity contribution in [3.8, 4) is 0 Å². The number of ketones is 1. The molecule has 14 heavy (non-hydrogen) atoms. The predicted octanol–water partition coefficient (Wildman–Crippen LogP) is 1.34. The maximum Gasteiger partial charge on any atom is 0.157 e. The summed E-state index contributed by atoms with van der Waals surface area (Å²) in [7, 11) is 1.72. The van der Waals surface area contributed by atoms with Gasteiger partial charge in [0.2, 0.25) is 0 Å². The van der Waals surface area contributed by atoms with Gasteiger partial charge < -0.3 is 9.64 Å². The lowest BCUT2D eigenvalue weighted by molar-refractivity contribution is -0.114. The third kappa shape index (κ3) is 2.15. The summed E-state index contributed by atoms with van der Waals surface area (Å²) in [6.45, 7) is 1.68. The molecule has 0 bridgehead atoms. The monoisotopic (exact) mass is 195 g/mol. The highest BCUT2D eigenvalue weighted by molar-refractivity contribution is 5.92. The second-order valence-corrected chi connectivity index (χ2v) is 4.02. The maximum absolute atomic E-state index is 11.1. The summed E-state index contributed by atoms with van der Waals surface area (Å²) in [5.74, 6) is 0.281. The summed E-state index contributed by atoms with van der Waals surface area (Å²) >= 11 is 0. The molecular weight excluding hydrogens is 178 g/mol. The second-order valence-electron chi connectivity index (χ2n) is 4.02. The molecule has 0 atom stereocenters. The lowest BCUT2D eigenvalue weighted by Crippen LogP contribution is -2.28. The average molecular weight is 195 g/mol. The molecule has 0 aliphatic heterocycles. The fraction of sp³-hybridized carbons (Fsp3) is 0.727. The van der Waals surface area contributed by atoms with E-state index >= 15 is 0 Å². The van der Waals surface area contributed by atoms with E-state index in [1.165, 1.54) is 18.5 Å². The van der Waals surface area contributed by atoms with Crippen LogP contribution < -0.4 is 0 Å². The van der Waals surface area contributed by atoms with Gasteiger partial charge in [-0.2, -0.15) is 0 Å². The molecule has 0 aromatic carbocycles. The van der Waals surface area contributed by atoms with E-state index in [0.717, 1.165) is 19.6 Å². The number of nitrogens with zero attached hydrogens (tertiary/aromatic N) is 1. The molecule has 0 aromatic heterocycles. The lowest BCUT2D eigenvalue weighted by Gasteiger charge is -2.25. The molecule has 0 aromatic rings. The molecule has 0 saturated heterocycles. The molecule has 0 amide bonds. The molecule has 2 rings (SSSR count). The Balaban J connectivity index is 1.95. The smallest absolute Gasteiger partial charge is 0.157 e. The van der Waals surface area contributed by atoms with E-state index in [-0.39, 0.29) is 5.78 Å². The average Bonchev–Trinajstić information content (AvgIpc) is 2.91.